The molecule has 1 aromatic heterocycles. The van der Waals surface area contributed by atoms with Crippen molar-refractivity contribution >= 4 is 21.1 Å². The second kappa shape index (κ2) is 2.56. The van der Waals surface area contributed by atoms with Gasteiger partial charge in [-0.2, -0.15) is 5.10 Å². The molecule has 0 bridgehead atoms. The maximum atomic E-state index is 3.75. The Morgan fingerprint density at radius 1 is 1.50 bits per heavy atom. The van der Waals surface area contributed by atoms with Gasteiger partial charge in [0.05, 0.1) is 5.12 Å². The molecule has 0 aliphatic heterocycles. The van der Waals surface area contributed by atoms with Gasteiger partial charge in [-0.05, 0) is 15.9 Å². The topological polar surface area (TPSA) is 43.1 Å². The molecule has 1 heterocycles. The van der Waals surface area contributed by atoms with Gasteiger partial charge in [-0.3, -0.25) is 0 Å². The molecule has 0 fully saturated rings. The predicted molar refractivity (Wildman–Crippen MR) is 32.8 cm³/mol. The van der Waals surface area contributed by atoms with Crippen LogP contribution in [0.3, 0.4) is 0 Å². The predicted octanol–water partition coefficient (Wildman–Crippen LogP) is 0.464. The fourth-order valence-electron chi connectivity index (χ4n) is 0.305. The van der Waals surface area contributed by atoms with Crippen molar-refractivity contribution in [3.05, 3.63) is 12.7 Å². The summed E-state index contributed by atoms with van der Waals surface area (Å²) in [4.78, 5) is 0. The van der Waals surface area contributed by atoms with Crippen molar-refractivity contribution in [1.82, 2.24) is 14.9 Å². The highest BCUT2D eigenvalue weighted by Crippen LogP contribution is 1.79. The first kappa shape index (κ1) is 5.43. The number of aromatic nitrogens is 3. The summed E-state index contributed by atoms with van der Waals surface area (Å²) in [5, 5.41) is 12.3. The first-order valence-corrected chi connectivity index (χ1v) is 2.82. The van der Waals surface area contributed by atoms with Crippen LogP contribution in [-0.4, -0.2) is 20.0 Å². The number of rotatable bonds is 1. The molecule has 0 spiro atoms. The molecular weight excluding hydrogens is 172 g/mol. The quantitative estimate of drug-likeness (QED) is 0.582. The van der Waals surface area contributed by atoms with Crippen LogP contribution in [0.4, 0.5) is 0 Å². The average molecular weight is 175 g/mol. The second-order valence-corrected chi connectivity index (χ2v) is 1.46. The molecule has 4 nitrogen and oxygen atoms in total. The normalized spacial score (nSPS) is 10.6. The third kappa shape index (κ3) is 1.13. The van der Waals surface area contributed by atoms with E-state index in [0.29, 0.717) is 0 Å². The maximum absolute atomic E-state index is 3.75. The van der Waals surface area contributed by atoms with Gasteiger partial charge in [0.25, 0.3) is 0 Å². The van der Waals surface area contributed by atoms with Crippen molar-refractivity contribution in [3.8, 4) is 0 Å². The number of nitrogens with zero attached hydrogens (tertiary/aromatic N) is 4. The summed E-state index contributed by atoms with van der Waals surface area (Å²) in [6.07, 6.45) is 3.00. The van der Waals surface area contributed by atoms with Gasteiger partial charge < -0.3 is 0 Å². The smallest absolute Gasteiger partial charge is 0.141 e. The van der Waals surface area contributed by atoms with Gasteiger partial charge in [0, 0.05) is 0 Å². The molecule has 0 aliphatic carbocycles. The van der Waals surface area contributed by atoms with Crippen LogP contribution in [0.1, 0.15) is 0 Å². The van der Waals surface area contributed by atoms with Crippen LogP contribution in [-0.2, 0) is 0 Å². The van der Waals surface area contributed by atoms with Crippen LogP contribution in [0, 0.1) is 0 Å². The highest BCUT2D eigenvalue weighted by molar-refractivity contribution is 9.17. The van der Waals surface area contributed by atoms with Gasteiger partial charge in [0.15, 0.2) is 0 Å². The minimum absolute atomic E-state index is 1.48. The van der Waals surface area contributed by atoms with Gasteiger partial charge in [0.1, 0.15) is 12.7 Å². The van der Waals surface area contributed by atoms with Gasteiger partial charge in [-0.1, -0.05) is 0 Å². The fraction of sp³-hybridized carbons (Fsp3) is 0. The minimum Gasteiger partial charge on any atom is -0.207 e. The molecule has 0 unspecified atom stereocenters. The molecule has 8 heavy (non-hydrogen) atoms. The van der Waals surface area contributed by atoms with Crippen LogP contribution in [0.15, 0.2) is 17.8 Å². The molecule has 0 atom stereocenters. The van der Waals surface area contributed by atoms with E-state index in [1.54, 1.807) is 0 Å². The Morgan fingerprint density at radius 3 is 2.62 bits per heavy atom. The molecule has 0 saturated heterocycles. The van der Waals surface area contributed by atoms with Crippen molar-refractivity contribution in [2.45, 2.75) is 0 Å². The fourth-order valence-corrected chi connectivity index (χ4v) is 0.517. The molecule has 0 aromatic carbocycles. The largest absolute Gasteiger partial charge is 0.207 e. The van der Waals surface area contributed by atoms with Gasteiger partial charge in [-0.25, -0.2) is 4.68 Å². The Labute approximate surface area is 54.4 Å². The van der Waals surface area contributed by atoms with E-state index in [1.165, 1.54) is 22.5 Å². The van der Waals surface area contributed by atoms with Gasteiger partial charge in [0.2, 0.25) is 0 Å². The lowest BCUT2D eigenvalue weighted by atomic mass is 11.2. The van der Waals surface area contributed by atoms with Crippen molar-refractivity contribution < 1.29 is 0 Å². The standard InChI is InChI=1S/C3H3BrN4/c4-1-7-8-2-5-6-3-8/h1-3H/b7-1+. The summed E-state index contributed by atoms with van der Waals surface area (Å²) in [6.45, 7) is 0. The average Bonchev–Trinajstić information content (AvgIpc) is 2.19. The number of hydrogen-bond acceptors (Lipinski definition) is 3. The second-order valence-electron chi connectivity index (χ2n) is 1.05. The summed E-state index contributed by atoms with van der Waals surface area (Å²) in [5.41, 5.74) is 0. The lowest BCUT2D eigenvalue weighted by Crippen LogP contribution is -1.79. The van der Waals surface area contributed by atoms with E-state index >= 15 is 0 Å². The molecule has 1 aromatic rings. The lowest BCUT2D eigenvalue weighted by Gasteiger charge is -1.80. The van der Waals surface area contributed by atoms with Crippen molar-refractivity contribution in [2.75, 3.05) is 0 Å². The zero-order valence-electron chi connectivity index (χ0n) is 3.90. The molecule has 0 N–H and O–H groups in total. The molecule has 0 saturated carbocycles. The van der Waals surface area contributed by atoms with Gasteiger partial charge >= 0.3 is 0 Å². The van der Waals surface area contributed by atoms with E-state index in [2.05, 4.69) is 31.2 Å². The zero-order valence-corrected chi connectivity index (χ0v) is 5.48. The molecule has 1 rings (SSSR count). The Morgan fingerprint density at radius 2 is 2.12 bits per heavy atom. The molecule has 0 amide bonds. The van der Waals surface area contributed by atoms with Crippen molar-refractivity contribution in [2.24, 2.45) is 5.10 Å². The van der Waals surface area contributed by atoms with E-state index in [0.717, 1.165) is 0 Å². The Bertz CT molecular complexity index is 167. The summed E-state index contributed by atoms with van der Waals surface area (Å²) >= 11 is 3.00. The monoisotopic (exact) mass is 174 g/mol. The van der Waals surface area contributed by atoms with E-state index in [-0.39, 0.29) is 0 Å². The van der Waals surface area contributed by atoms with Crippen LogP contribution in [0.25, 0.3) is 0 Å². The summed E-state index contributed by atoms with van der Waals surface area (Å²) in [6, 6.07) is 0. The molecule has 0 radical (unpaired) electrons. The molecule has 5 heteroatoms. The minimum atomic E-state index is 1.48. The summed E-state index contributed by atoms with van der Waals surface area (Å²) in [5.74, 6) is 0. The van der Waals surface area contributed by atoms with Crippen molar-refractivity contribution in [3.63, 3.8) is 0 Å². The first-order chi connectivity index (χ1) is 3.93. The van der Waals surface area contributed by atoms with E-state index in [1.807, 2.05) is 0 Å². The summed E-state index contributed by atoms with van der Waals surface area (Å²) in [7, 11) is 0. The summed E-state index contributed by atoms with van der Waals surface area (Å²) < 4.78 is 1.48. The highest BCUT2D eigenvalue weighted by atomic mass is 79.9. The zero-order chi connectivity index (χ0) is 5.82. The van der Waals surface area contributed by atoms with Crippen LogP contribution >= 0.6 is 15.9 Å². The molecule has 42 valence electrons. The van der Waals surface area contributed by atoms with E-state index in [4.69, 9.17) is 0 Å². The number of hydrogen-bond donors (Lipinski definition) is 0. The SMILES string of the molecule is Br/C=N/n1cnnc1. The molecule has 0 aliphatic rings. The maximum Gasteiger partial charge on any atom is 0.141 e. The third-order valence-electron chi connectivity index (χ3n) is 0.584. The Balaban J connectivity index is 2.77. The van der Waals surface area contributed by atoms with Crippen LogP contribution in [0.5, 0.6) is 0 Å². The first-order valence-electron chi connectivity index (χ1n) is 1.91. The van der Waals surface area contributed by atoms with Crippen LogP contribution in [0.2, 0.25) is 0 Å². The Hall–Kier alpha value is -0.710. The van der Waals surface area contributed by atoms with Gasteiger partial charge in [-0.15, -0.1) is 10.2 Å². The number of halogens is 1. The van der Waals surface area contributed by atoms with Crippen LogP contribution < -0.4 is 0 Å². The third-order valence-corrected chi connectivity index (χ3v) is 0.767. The van der Waals surface area contributed by atoms with Crippen molar-refractivity contribution in [1.29, 1.82) is 0 Å². The Kier molecular flexibility index (Phi) is 1.74. The lowest BCUT2D eigenvalue weighted by molar-refractivity contribution is 0.882. The highest BCUT2D eigenvalue weighted by Gasteiger charge is 1.77. The van der Waals surface area contributed by atoms with E-state index < -0.39 is 0 Å². The van der Waals surface area contributed by atoms with E-state index in [9.17, 15) is 0 Å². The molecular formula is C3H3BrN4.